The van der Waals surface area contributed by atoms with Gasteiger partial charge in [0.2, 0.25) is 0 Å². The van der Waals surface area contributed by atoms with Gasteiger partial charge in [0.25, 0.3) is 0 Å². The lowest BCUT2D eigenvalue weighted by atomic mass is 10.0. The number of carboxylic acid groups (broad SMARTS) is 1. The van der Waals surface area contributed by atoms with Crippen LogP contribution in [0, 0.1) is 0 Å². The number of rotatable bonds is 3. The fraction of sp³-hybridized carbons (Fsp3) is 0.333. The van der Waals surface area contributed by atoms with Gasteiger partial charge in [0.1, 0.15) is 0 Å². The largest absolute Gasteiger partial charge is 0.479 e. The summed E-state index contributed by atoms with van der Waals surface area (Å²) in [5.74, 6) is -1.26. The molecule has 5 nitrogen and oxygen atoms in total. The number of benzene rings is 1. The molecule has 1 atom stereocenters. The summed E-state index contributed by atoms with van der Waals surface area (Å²) in [5, 5.41) is 9.11. The number of aliphatic imine (C=N–C) groups is 1. The molecule has 1 aliphatic carbocycles. The Morgan fingerprint density at radius 3 is 2.65 bits per heavy atom. The Morgan fingerprint density at radius 2 is 2.00 bits per heavy atom. The number of hydrogen-bond acceptors (Lipinski definition) is 2. The van der Waals surface area contributed by atoms with Crippen LogP contribution >= 0.6 is 0 Å². The number of nitrogens with zero attached hydrogens (tertiary/aromatic N) is 1. The number of carbonyl (C=O) groups is 1. The van der Waals surface area contributed by atoms with Crippen LogP contribution in [0.4, 0.5) is 0 Å². The number of aryl methyl sites for hydroxylation is 2. The van der Waals surface area contributed by atoms with E-state index in [1.807, 2.05) is 12.1 Å². The van der Waals surface area contributed by atoms with E-state index in [1.54, 1.807) is 6.07 Å². The molecule has 1 aromatic rings. The first-order chi connectivity index (χ1) is 8.08. The average Bonchev–Trinajstić information content (AvgIpc) is 2.72. The molecule has 90 valence electrons. The van der Waals surface area contributed by atoms with E-state index in [9.17, 15) is 4.79 Å². The maximum absolute atomic E-state index is 11.1. The van der Waals surface area contributed by atoms with E-state index in [0.717, 1.165) is 19.3 Å². The predicted octanol–water partition coefficient (Wildman–Crippen LogP) is 0.574. The molecule has 0 heterocycles. The summed E-state index contributed by atoms with van der Waals surface area (Å²) in [6.45, 7) is 0. The van der Waals surface area contributed by atoms with Crippen LogP contribution in [0.2, 0.25) is 0 Å². The van der Waals surface area contributed by atoms with E-state index in [1.165, 1.54) is 11.1 Å². The number of hydrogen-bond donors (Lipinski definition) is 3. The first-order valence-electron chi connectivity index (χ1n) is 5.51. The Balaban J connectivity index is 2.37. The van der Waals surface area contributed by atoms with E-state index in [0.29, 0.717) is 5.56 Å². The van der Waals surface area contributed by atoms with Crippen LogP contribution in [0.3, 0.4) is 0 Å². The summed E-state index contributed by atoms with van der Waals surface area (Å²) in [6.07, 6.45) is 3.19. The second-order valence-corrected chi connectivity index (χ2v) is 4.18. The maximum Gasteiger partial charge on any atom is 0.333 e. The molecule has 0 fully saturated rings. The number of fused-ring (bicyclic) bond motifs is 1. The summed E-state index contributed by atoms with van der Waals surface area (Å²) in [6, 6.07) is 4.64. The molecule has 2 rings (SSSR count). The lowest BCUT2D eigenvalue weighted by Crippen LogP contribution is -2.25. The molecular formula is C12H15N3O2. The van der Waals surface area contributed by atoms with Crippen molar-refractivity contribution in [2.75, 3.05) is 0 Å². The zero-order chi connectivity index (χ0) is 12.4. The molecule has 5 N–H and O–H groups in total. The summed E-state index contributed by atoms with van der Waals surface area (Å²) in [7, 11) is 0. The second kappa shape index (κ2) is 4.45. The first kappa shape index (κ1) is 11.4. The molecule has 17 heavy (non-hydrogen) atoms. The van der Waals surface area contributed by atoms with Crippen LogP contribution in [0.5, 0.6) is 0 Å². The Bertz CT molecular complexity index is 479. The highest BCUT2D eigenvalue weighted by molar-refractivity contribution is 5.82. The van der Waals surface area contributed by atoms with Gasteiger partial charge in [-0.2, -0.15) is 0 Å². The first-order valence-corrected chi connectivity index (χ1v) is 5.51. The van der Waals surface area contributed by atoms with Crippen molar-refractivity contribution in [1.29, 1.82) is 0 Å². The highest BCUT2D eigenvalue weighted by Crippen LogP contribution is 2.26. The number of aliphatic carboxylic acids is 1. The summed E-state index contributed by atoms with van der Waals surface area (Å²) in [5.41, 5.74) is 13.6. The molecule has 0 spiro atoms. The molecule has 0 saturated carbocycles. The van der Waals surface area contributed by atoms with E-state index >= 15 is 0 Å². The fourth-order valence-corrected chi connectivity index (χ4v) is 2.18. The van der Waals surface area contributed by atoms with E-state index < -0.39 is 12.0 Å². The standard InChI is InChI=1S/C12H15N3O2/c13-12(14)15-10(11(16)17)9-5-4-7-2-1-3-8(7)6-9/h4-6,10H,1-3H2,(H,16,17)(H4,13,14,15). The van der Waals surface area contributed by atoms with Crippen LogP contribution < -0.4 is 11.5 Å². The lowest BCUT2D eigenvalue weighted by Gasteiger charge is -2.10. The molecule has 0 bridgehead atoms. The van der Waals surface area contributed by atoms with E-state index in [2.05, 4.69) is 4.99 Å². The van der Waals surface area contributed by atoms with Crippen molar-refractivity contribution in [2.24, 2.45) is 16.5 Å². The Labute approximate surface area is 99.1 Å². The minimum Gasteiger partial charge on any atom is -0.479 e. The van der Waals surface area contributed by atoms with Gasteiger partial charge in [0, 0.05) is 0 Å². The third-order valence-electron chi connectivity index (χ3n) is 2.95. The zero-order valence-corrected chi connectivity index (χ0v) is 9.39. The monoisotopic (exact) mass is 233 g/mol. The van der Waals surface area contributed by atoms with E-state index in [4.69, 9.17) is 16.6 Å². The van der Waals surface area contributed by atoms with Gasteiger partial charge < -0.3 is 16.6 Å². The predicted molar refractivity (Wildman–Crippen MR) is 64.7 cm³/mol. The van der Waals surface area contributed by atoms with Crippen molar-refractivity contribution < 1.29 is 9.90 Å². The van der Waals surface area contributed by atoms with Gasteiger partial charge in [-0.3, -0.25) is 0 Å². The molecule has 1 aromatic carbocycles. The van der Waals surface area contributed by atoms with E-state index in [-0.39, 0.29) is 5.96 Å². The molecule has 1 aliphatic rings. The van der Waals surface area contributed by atoms with Gasteiger partial charge in [-0.05, 0) is 36.0 Å². The average molecular weight is 233 g/mol. The zero-order valence-electron chi connectivity index (χ0n) is 9.39. The quantitative estimate of drug-likeness (QED) is 0.524. The van der Waals surface area contributed by atoms with Crippen molar-refractivity contribution in [1.82, 2.24) is 0 Å². The van der Waals surface area contributed by atoms with Crippen LogP contribution in [-0.4, -0.2) is 17.0 Å². The summed E-state index contributed by atoms with van der Waals surface area (Å²) >= 11 is 0. The normalized spacial score (nSPS) is 15.1. The van der Waals surface area contributed by atoms with Crippen molar-refractivity contribution in [3.63, 3.8) is 0 Å². The smallest absolute Gasteiger partial charge is 0.333 e. The third kappa shape index (κ3) is 2.38. The minimum atomic E-state index is -1.05. The van der Waals surface area contributed by atoms with Gasteiger partial charge in [-0.25, -0.2) is 9.79 Å². The highest BCUT2D eigenvalue weighted by atomic mass is 16.4. The van der Waals surface area contributed by atoms with Gasteiger partial charge >= 0.3 is 5.97 Å². The Kier molecular flexibility index (Phi) is 2.99. The van der Waals surface area contributed by atoms with Gasteiger partial charge in [-0.1, -0.05) is 18.2 Å². The van der Waals surface area contributed by atoms with Gasteiger partial charge in [0.15, 0.2) is 12.0 Å². The highest BCUT2D eigenvalue weighted by Gasteiger charge is 2.21. The minimum absolute atomic E-state index is 0.210. The van der Waals surface area contributed by atoms with Crippen LogP contribution in [0.1, 0.15) is 29.2 Å². The van der Waals surface area contributed by atoms with Crippen molar-refractivity contribution in [3.8, 4) is 0 Å². The SMILES string of the molecule is NC(N)=NC(C(=O)O)c1ccc2c(c1)CCC2. The fourth-order valence-electron chi connectivity index (χ4n) is 2.18. The molecule has 0 amide bonds. The van der Waals surface area contributed by atoms with Crippen LogP contribution in [0.25, 0.3) is 0 Å². The molecule has 0 radical (unpaired) electrons. The lowest BCUT2D eigenvalue weighted by molar-refractivity contribution is -0.138. The molecule has 0 saturated heterocycles. The maximum atomic E-state index is 11.1. The molecule has 1 unspecified atom stereocenters. The van der Waals surface area contributed by atoms with Crippen LogP contribution in [0.15, 0.2) is 23.2 Å². The summed E-state index contributed by atoms with van der Waals surface area (Å²) < 4.78 is 0. The molecular weight excluding hydrogens is 218 g/mol. The number of nitrogens with two attached hydrogens (primary N) is 2. The van der Waals surface area contributed by atoms with Gasteiger partial charge in [-0.15, -0.1) is 0 Å². The van der Waals surface area contributed by atoms with Crippen molar-refractivity contribution in [2.45, 2.75) is 25.3 Å². The second-order valence-electron chi connectivity index (χ2n) is 4.18. The van der Waals surface area contributed by atoms with Crippen molar-refractivity contribution in [3.05, 3.63) is 34.9 Å². The Morgan fingerprint density at radius 1 is 1.29 bits per heavy atom. The van der Waals surface area contributed by atoms with Gasteiger partial charge in [0.05, 0.1) is 0 Å². The number of guanidine groups is 1. The van der Waals surface area contributed by atoms with Crippen LogP contribution in [-0.2, 0) is 17.6 Å². The third-order valence-corrected chi connectivity index (χ3v) is 2.95. The number of carboxylic acids is 1. The molecule has 5 heteroatoms. The Hall–Kier alpha value is -2.04. The molecule has 0 aromatic heterocycles. The van der Waals surface area contributed by atoms with Crippen molar-refractivity contribution >= 4 is 11.9 Å². The summed E-state index contributed by atoms with van der Waals surface area (Å²) in [4.78, 5) is 14.9. The topological polar surface area (TPSA) is 102 Å². The molecule has 0 aliphatic heterocycles.